The molecule has 2 fully saturated rings. The van der Waals surface area contributed by atoms with Gasteiger partial charge in [0.1, 0.15) is 0 Å². The summed E-state index contributed by atoms with van der Waals surface area (Å²) in [6.45, 7) is 8.38. The van der Waals surface area contributed by atoms with E-state index in [2.05, 4.69) is 18.7 Å². The molecule has 110 valence electrons. The van der Waals surface area contributed by atoms with Crippen LogP contribution in [0.15, 0.2) is 0 Å². The van der Waals surface area contributed by atoms with Gasteiger partial charge in [0.25, 0.3) is 0 Å². The molecular weight excluding hydrogens is 238 g/mol. The van der Waals surface area contributed by atoms with Gasteiger partial charge in [0.05, 0.1) is 6.04 Å². The highest BCUT2D eigenvalue weighted by molar-refractivity contribution is 5.82. The van der Waals surface area contributed by atoms with Crippen molar-refractivity contribution in [3.63, 3.8) is 0 Å². The van der Waals surface area contributed by atoms with E-state index in [4.69, 9.17) is 5.73 Å². The number of hydrogen-bond acceptors (Lipinski definition) is 3. The van der Waals surface area contributed by atoms with E-state index >= 15 is 0 Å². The van der Waals surface area contributed by atoms with E-state index in [1.807, 2.05) is 4.90 Å². The van der Waals surface area contributed by atoms with Crippen LogP contribution >= 0.6 is 0 Å². The number of piperidine rings is 1. The monoisotopic (exact) mass is 267 g/mol. The molecule has 2 N–H and O–H groups in total. The zero-order valence-electron chi connectivity index (χ0n) is 12.5. The summed E-state index contributed by atoms with van der Waals surface area (Å²) in [6, 6.07) is 0.262. The van der Waals surface area contributed by atoms with Crippen molar-refractivity contribution in [2.24, 2.45) is 11.7 Å². The zero-order chi connectivity index (χ0) is 13.8. The maximum Gasteiger partial charge on any atom is 0.239 e. The number of hydrogen-bond donors (Lipinski definition) is 1. The smallest absolute Gasteiger partial charge is 0.239 e. The highest BCUT2D eigenvalue weighted by Crippen LogP contribution is 2.21. The molecule has 0 aromatic carbocycles. The molecule has 4 nitrogen and oxygen atoms in total. The quantitative estimate of drug-likeness (QED) is 0.838. The van der Waals surface area contributed by atoms with E-state index in [-0.39, 0.29) is 17.9 Å². The van der Waals surface area contributed by atoms with Crippen LogP contribution in [0, 0.1) is 5.92 Å². The van der Waals surface area contributed by atoms with Crippen molar-refractivity contribution in [3.05, 3.63) is 0 Å². The SMILES string of the molecule is CCC(C)[C@H](N)C(=O)N1CCC(N2CCCCC2)C1. The van der Waals surface area contributed by atoms with Gasteiger partial charge in [-0.15, -0.1) is 0 Å². The lowest BCUT2D eigenvalue weighted by Gasteiger charge is -2.32. The molecule has 2 unspecified atom stereocenters. The molecule has 2 rings (SSSR count). The Morgan fingerprint density at radius 1 is 1.26 bits per heavy atom. The van der Waals surface area contributed by atoms with Gasteiger partial charge in [0.15, 0.2) is 0 Å². The summed E-state index contributed by atoms with van der Waals surface area (Å²) in [5.74, 6) is 0.440. The summed E-state index contributed by atoms with van der Waals surface area (Å²) in [7, 11) is 0. The Bertz CT molecular complexity index is 302. The predicted octanol–water partition coefficient (Wildman–Crippen LogP) is 1.45. The van der Waals surface area contributed by atoms with E-state index in [9.17, 15) is 4.79 Å². The van der Waals surface area contributed by atoms with Crippen LogP contribution in [0.2, 0.25) is 0 Å². The van der Waals surface area contributed by atoms with Gasteiger partial charge in [-0.25, -0.2) is 0 Å². The summed E-state index contributed by atoms with van der Waals surface area (Å²) < 4.78 is 0. The number of likely N-dealkylation sites (tertiary alicyclic amines) is 2. The lowest BCUT2D eigenvalue weighted by molar-refractivity contribution is -0.132. The first-order chi connectivity index (χ1) is 9.13. The van der Waals surface area contributed by atoms with Crippen molar-refractivity contribution in [2.45, 2.75) is 58.0 Å². The van der Waals surface area contributed by atoms with Crippen molar-refractivity contribution in [1.82, 2.24) is 9.80 Å². The summed E-state index contributed by atoms with van der Waals surface area (Å²) in [5, 5.41) is 0. The van der Waals surface area contributed by atoms with Crippen molar-refractivity contribution < 1.29 is 4.79 Å². The molecule has 0 saturated carbocycles. The maximum atomic E-state index is 12.4. The molecule has 19 heavy (non-hydrogen) atoms. The molecule has 2 aliphatic heterocycles. The van der Waals surface area contributed by atoms with E-state index < -0.39 is 0 Å². The van der Waals surface area contributed by atoms with E-state index in [0.717, 1.165) is 25.9 Å². The number of carbonyl (C=O) groups is 1. The van der Waals surface area contributed by atoms with E-state index in [0.29, 0.717) is 6.04 Å². The average molecular weight is 267 g/mol. The van der Waals surface area contributed by atoms with Crippen LogP contribution in [0.25, 0.3) is 0 Å². The third-order valence-corrected chi connectivity index (χ3v) is 4.92. The summed E-state index contributed by atoms with van der Waals surface area (Å²) in [5.41, 5.74) is 6.07. The molecule has 0 aliphatic carbocycles. The molecule has 2 heterocycles. The minimum Gasteiger partial charge on any atom is -0.340 e. The number of carbonyl (C=O) groups excluding carboxylic acids is 1. The van der Waals surface area contributed by atoms with Gasteiger partial charge in [0.2, 0.25) is 5.91 Å². The molecule has 2 aliphatic rings. The number of nitrogens with two attached hydrogens (primary N) is 1. The predicted molar refractivity (Wildman–Crippen MR) is 77.8 cm³/mol. The topological polar surface area (TPSA) is 49.6 Å². The molecule has 0 aromatic rings. The highest BCUT2D eigenvalue weighted by Gasteiger charge is 2.33. The normalized spacial score (nSPS) is 28.4. The molecular formula is C15H29N3O. The summed E-state index contributed by atoms with van der Waals surface area (Å²) in [4.78, 5) is 16.9. The van der Waals surface area contributed by atoms with Crippen molar-refractivity contribution in [1.29, 1.82) is 0 Å². The zero-order valence-corrected chi connectivity index (χ0v) is 12.5. The first-order valence-electron chi connectivity index (χ1n) is 7.92. The van der Waals surface area contributed by atoms with E-state index in [1.165, 1.54) is 32.4 Å². The van der Waals surface area contributed by atoms with Crippen molar-refractivity contribution >= 4 is 5.91 Å². The minimum atomic E-state index is -0.315. The number of amides is 1. The first-order valence-corrected chi connectivity index (χ1v) is 7.92. The summed E-state index contributed by atoms with van der Waals surface area (Å²) >= 11 is 0. The number of rotatable bonds is 4. The van der Waals surface area contributed by atoms with Crippen LogP contribution in [0.5, 0.6) is 0 Å². The van der Waals surface area contributed by atoms with Crippen LogP contribution < -0.4 is 5.73 Å². The van der Waals surface area contributed by atoms with Crippen LogP contribution in [0.1, 0.15) is 46.0 Å². The Hall–Kier alpha value is -0.610. The Kier molecular flexibility index (Phi) is 5.22. The van der Waals surface area contributed by atoms with Gasteiger partial charge in [-0.3, -0.25) is 9.69 Å². The molecule has 0 spiro atoms. The molecule has 0 aromatic heterocycles. The molecule has 4 heteroatoms. The van der Waals surface area contributed by atoms with Crippen molar-refractivity contribution in [3.8, 4) is 0 Å². The highest BCUT2D eigenvalue weighted by atomic mass is 16.2. The number of nitrogens with zero attached hydrogens (tertiary/aromatic N) is 2. The first kappa shape index (κ1) is 14.8. The van der Waals surface area contributed by atoms with Gasteiger partial charge in [-0.05, 0) is 38.3 Å². The second kappa shape index (κ2) is 6.71. The molecule has 0 radical (unpaired) electrons. The summed E-state index contributed by atoms with van der Waals surface area (Å²) in [6.07, 6.45) is 6.09. The third-order valence-electron chi connectivity index (χ3n) is 4.92. The Morgan fingerprint density at radius 2 is 1.95 bits per heavy atom. The molecule has 0 bridgehead atoms. The largest absolute Gasteiger partial charge is 0.340 e. The fraction of sp³-hybridized carbons (Fsp3) is 0.933. The van der Waals surface area contributed by atoms with E-state index in [1.54, 1.807) is 0 Å². The van der Waals surface area contributed by atoms with Crippen LogP contribution in [-0.2, 0) is 4.79 Å². The maximum absolute atomic E-state index is 12.4. The Labute approximate surface area is 117 Å². The van der Waals surface area contributed by atoms with Gasteiger partial charge in [-0.1, -0.05) is 26.7 Å². The van der Waals surface area contributed by atoms with Gasteiger partial charge in [0, 0.05) is 19.1 Å². The lowest BCUT2D eigenvalue weighted by Crippen LogP contribution is -2.48. The van der Waals surface area contributed by atoms with Gasteiger partial charge < -0.3 is 10.6 Å². The Morgan fingerprint density at radius 3 is 2.58 bits per heavy atom. The fourth-order valence-electron chi connectivity index (χ4n) is 3.23. The second-order valence-electron chi connectivity index (χ2n) is 6.23. The van der Waals surface area contributed by atoms with Gasteiger partial charge in [-0.2, -0.15) is 0 Å². The molecule has 3 atom stereocenters. The van der Waals surface area contributed by atoms with Crippen LogP contribution in [0.3, 0.4) is 0 Å². The van der Waals surface area contributed by atoms with Crippen LogP contribution in [0.4, 0.5) is 0 Å². The average Bonchev–Trinajstić information content (AvgIpc) is 2.95. The minimum absolute atomic E-state index is 0.161. The molecule has 2 saturated heterocycles. The fourth-order valence-corrected chi connectivity index (χ4v) is 3.23. The van der Waals surface area contributed by atoms with Crippen molar-refractivity contribution in [2.75, 3.05) is 26.2 Å². The van der Waals surface area contributed by atoms with Crippen LogP contribution in [-0.4, -0.2) is 54.0 Å². The third kappa shape index (κ3) is 3.48. The lowest BCUT2D eigenvalue weighted by atomic mass is 9.99. The van der Waals surface area contributed by atoms with Gasteiger partial charge >= 0.3 is 0 Å². The standard InChI is InChI=1S/C15H29N3O/c1-3-12(2)14(16)15(19)18-10-7-13(11-18)17-8-5-4-6-9-17/h12-14H,3-11,16H2,1-2H3/t12?,13?,14-/m0/s1. The molecule has 1 amide bonds. The second-order valence-corrected chi connectivity index (χ2v) is 6.23. The Balaban J connectivity index is 1.85.